The lowest BCUT2D eigenvalue weighted by Gasteiger charge is -2.06. The fourth-order valence-electron chi connectivity index (χ4n) is 1.52. The molecule has 1 atom stereocenters. The zero-order valence-electron chi connectivity index (χ0n) is 6.64. The Morgan fingerprint density at radius 2 is 2.00 bits per heavy atom. The first kappa shape index (κ1) is 8.25. The van der Waals surface area contributed by atoms with Crippen molar-refractivity contribution in [3.05, 3.63) is 0 Å². The van der Waals surface area contributed by atoms with E-state index < -0.39 is 10.8 Å². The fraction of sp³-hybridized carbons (Fsp3) is 1.00. The van der Waals surface area contributed by atoms with Gasteiger partial charge in [-0.05, 0) is 19.3 Å². The van der Waals surface area contributed by atoms with Crippen LogP contribution >= 0.6 is 0 Å². The summed E-state index contributed by atoms with van der Waals surface area (Å²) >= 11 is 0. The lowest BCUT2D eigenvalue weighted by molar-refractivity contribution is 0.668. The van der Waals surface area contributed by atoms with Crippen molar-refractivity contribution in [2.24, 2.45) is 0 Å². The molecule has 60 valence electrons. The lowest BCUT2D eigenvalue weighted by atomic mass is 10.4. The molecule has 1 rings (SSSR count). The van der Waals surface area contributed by atoms with Gasteiger partial charge in [0.15, 0.2) is 0 Å². The van der Waals surface area contributed by atoms with Gasteiger partial charge in [0.1, 0.15) is 0 Å². The van der Waals surface area contributed by atoms with Crippen molar-refractivity contribution in [3.63, 3.8) is 0 Å². The van der Waals surface area contributed by atoms with Gasteiger partial charge in [0.05, 0.1) is 0 Å². The maximum Gasteiger partial charge on any atom is 0.0348 e. The quantitative estimate of drug-likeness (QED) is 0.618. The summed E-state index contributed by atoms with van der Waals surface area (Å²) in [6, 6.07) is 0. The topological polar surface area (TPSA) is 17.1 Å². The molecule has 1 nitrogen and oxygen atoms in total. The van der Waals surface area contributed by atoms with Crippen molar-refractivity contribution in [3.8, 4) is 0 Å². The molecule has 0 N–H and O–H groups in total. The smallest absolute Gasteiger partial charge is 0.0348 e. The van der Waals surface area contributed by atoms with Crippen molar-refractivity contribution in [2.45, 2.75) is 44.3 Å². The number of rotatable bonds is 3. The molecular weight excluding hydrogens is 144 g/mol. The molecule has 0 spiro atoms. The van der Waals surface area contributed by atoms with Crippen molar-refractivity contribution in [1.82, 2.24) is 0 Å². The van der Waals surface area contributed by atoms with Gasteiger partial charge in [0, 0.05) is 21.8 Å². The van der Waals surface area contributed by atoms with Crippen molar-refractivity contribution >= 4 is 10.8 Å². The van der Waals surface area contributed by atoms with E-state index in [4.69, 9.17) is 0 Å². The van der Waals surface area contributed by atoms with E-state index in [1.54, 1.807) is 0 Å². The molecule has 1 aliphatic carbocycles. The van der Waals surface area contributed by atoms with Crippen LogP contribution in [0.3, 0.4) is 0 Å². The van der Waals surface area contributed by atoms with Gasteiger partial charge in [-0.2, -0.15) is 0 Å². The first-order chi connectivity index (χ1) is 4.84. The molecule has 0 aromatic carbocycles. The van der Waals surface area contributed by atoms with Gasteiger partial charge in [0.2, 0.25) is 0 Å². The van der Waals surface area contributed by atoms with Crippen LogP contribution in [0.4, 0.5) is 0 Å². The molecule has 0 aliphatic heterocycles. The Balaban J connectivity index is 2.25. The molecule has 0 heterocycles. The summed E-state index contributed by atoms with van der Waals surface area (Å²) in [5, 5.41) is 0.556. The Bertz CT molecular complexity index is 116. The van der Waals surface area contributed by atoms with Crippen LogP contribution in [0.25, 0.3) is 0 Å². The highest BCUT2D eigenvalue weighted by atomic mass is 32.2. The van der Waals surface area contributed by atoms with Gasteiger partial charge in [-0.25, -0.2) is 0 Å². The van der Waals surface area contributed by atoms with Crippen molar-refractivity contribution in [1.29, 1.82) is 0 Å². The highest BCUT2D eigenvalue weighted by molar-refractivity contribution is 7.85. The minimum absolute atomic E-state index is 0.495. The van der Waals surface area contributed by atoms with Gasteiger partial charge in [-0.1, -0.05) is 19.8 Å². The summed E-state index contributed by atoms with van der Waals surface area (Å²) < 4.78 is 11.4. The van der Waals surface area contributed by atoms with E-state index in [1.165, 1.54) is 25.7 Å². The largest absolute Gasteiger partial charge is 0.259 e. The van der Waals surface area contributed by atoms with Crippen LogP contribution in [0.2, 0.25) is 0 Å². The molecule has 1 fully saturated rings. The van der Waals surface area contributed by atoms with Gasteiger partial charge in [-0.3, -0.25) is 4.21 Å². The van der Waals surface area contributed by atoms with E-state index in [0.717, 1.165) is 12.2 Å². The van der Waals surface area contributed by atoms with E-state index in [2.05, 4.69) is 6.92 Å². The monoisotopic (exact) mass is 160 g/mol. The van der Waals surface area contributed by atoms with E-state index >= 15 is 0 Å². The third-order valence-corrected chi connectivity index (χ3v) is 4.10. The maximum absolute atomic E-state index is 11.4. The second-order valence-electron chi connectivity index (χ2n) is 2.99. The molecule has 0 saturated heterocycles. The third-order valence-electron chi connectivity index (χ3n) is 2.08. The van der Waals surface area contributed by atoms with Gasteiger partial charge in [0.25, 0.3) is 0 Å². The standard InChI is InChI=1S/C8H16OS/c1-2-7-10(9)8-5-3-4-6-8/h8H,2-7H2,1H3. The molecule has 1 aliphatic rings. The highest BCUT2D eigenvalue weighted by Gasteiger charge is 2.19. The Kier molecular flexibility index (Phi) is 3.40. The summed E-state index contributed by atoms with van der Waals surface area (Å²) in [6.45, 7) is 2.10. The maximum atomic E-state index is 11.4. The van der Waals surface area contributed by atoms with E-state index in [-0.39, 0.29) is 0 Å². The van der Waals surface area contributed by atoms with Gasteiger partial charge < -0.3 is 0 Å². The molecule has 0 aromatic heterocycles. The molecule has 0 amide bonds. The average Bonchev–Trinajstić information content (AvgIpc) is 2.38. The normalized spacial score (nSPS) is 23.3. The molecule has 1 saturated carbocycles. The second kappa shape index (κ2) is 4.12. The minimum Gasteiger partial charge on any atom is -0.259 e. The number of hydrogen-bond donors (Lipinski definition) is 0. The lowest BCUT2D eigenvalue weighted by Crippen LogP contribution is -2.12. The van der Waals surface area contributed by atoms with Gasteiger partial charge in [-0.15, -0.1) is 0 Å². The summed E-state index contributed by atoms with van der Waals surface area (Å²) in [4.78, 5) is 0. The molecule has 0 bridgehead atoms. The predicted molar refractivity (Wildman–Crippen MR) is 45.6 cm³/mol. The Hall–Kier alpha value is 0.150. The first-order valence-electron chi connectivity index (χ1n) is 4.21. The van der Waals surface area contributed by atoms with Crippen molar-refractivity contribution in [2.75, 3.05) is 5.75 Å². The van der Waals surface area contributed by atoms with Crippen LogP contribution in [0.1, 0.15) is 39.0 Å². The van der Waals surface area contributed by atoms with Crippen LogP contribution in [-0.4, -0.2) is 15.2 Å². The minimum atomic E-state index is -0.495. The fourth-order valence-corrected chi connectivity index (χ4v) is 3.11. The zero-order valence-corrected chi connectivity index (χ0v) is 7.45. The van der Waals surface area contributed by atoms with Crippen LogP contribution in [0.5, 0.6) is 0 Å². The Morgan fingerprint density at radius 1 is 1.40 bits per heavy atom. The molecule has 1 unspecified atom stereocenters. The molecule has 10 heavy (non-hydrogen) atoms. The SMILES string of the molecule is CCCS(=O)C1CCCC1. The third kappa shape index (κ3) is 2.08. The average molecular weight is 160 g/mol. The summed E-state index contributed by atoms with van der Waals surface area (Å²) in [5.41, 5.74) is 0. The first-order valence-corrected chi connectivity index (χ1v) is 5.60. The summed E-state index contributed by atoms with van der Waals surface area (Å²) in [6.07, 6.45) is 6.11. The van der Waals surface area contributed by atoms with Gasteiger partial charge >= 0.3 is 0 Å². The zero-order chi connectivity index (χ0) is 7.40. The molecule has 0 radical (unpaired) electrons. The molecule has 0 aromatic rings. The van der Waals surface area contributed by atoms with Crippen LogP contribution in [0, 0.1) is 0 Å². The van der Waals surface area contributed by atoms with Crippen LogP contribution in [-0.2, 0) is 10.8 Å². The van der Waals surface area contributed by atoms with E-state index in [1.807, 2.05) is 0 Å². The van der Waals surface area contributed by atoms with E-state index in [0.29, 0.717) is 5.25 Å². The van der Waals surface area contributed by atoms with Crippen LogP contribution in [0.15, 0.2) is 0 Å². The Labute approximate surface area is 65.7 Å². The Morgan fingerprint density at radius 3 is 2.50 bits per heavy atom. The van der Waals surface area contributed by atoms with Crippen LogP contribution < -0.4 is 0 Å². The second-order valence-corrected chi connectivity index (χ2v) is 4.83. The highest BCUT2D eigenvalue weighted by Crippen LogP contribution is 2.22. The molecular formula is C8H16OS. The number of hydrogen-bond acceptors (Lipinski definition) is 1. The summed E-state index contributed by atoms with van der Waals surface area (Å²) in [7, 11) is -0.495. The molecule has 2 heteroatoms. The summed E-state index contributed by atoms with van der Waals surface area (Å²) in [5.74, 6) is 0.921. The van der Waals surface area contributed by atoms with Crippen molar-refractivity contribution < 1.29 is 4.21 Å². The predicted octanol–water partition coefficient (Wildman–Crippen LogP) is 2.09. The van der Waals surface area contributed by atoms with E-state index in [9.17, 15) is 4.21 Å².